The highest BCUT2D eigenvalue weighted by molar-refractivity contribution is 9.10. The van der Waals surface area contributed by atoms with Crippen molar-refractivity contribution >= 4 is 39.0 Å². The van der Waals surface area contributed by atoms with Gasteiger partial charge in [-0.3, -0.25) is 0 Å². The minimum Gasteiger partial charge on any atom is -0.329 e. The van der Waals surface area contributed by atoms with Gasteiger partial charge in [-0.25, -0.2) is 0 Å². The van der Waals surface area contributed by atoms with Gasteiger partial charge in [-0.1, -0.05) is 13.8 Å². The largest absolute Gasteiger partial charge is 0.329 e. The summed E-state index contributed by atoms with van der Waals surface area (Å²) in [6.07, 6.45) is 0. The minimum atomic E-state index is 0.466. The molecule has 0 bridgehead atoms. The number of hydrogen-bond donors (Lipinski definition) is 1. The minimum absolute atomic E-state index is 0.466. The Morgan fingerprint density at radius 2 is 2.29 bits per heavy atom. The standard InChI is InChI=1S/C10H16BrNS2/c1-7(2)5-13-10(4-12)9-3-8(11)6-14-9/h3,6-7,10H,4-5,12H2,1-2H3. The summed E-state index contributed by atoms with van der Waals surface area (Å²) in [5.74, 6) is 1.91. The van der Waals surface area contributed by atoms with E-state index in [0.717, 1.165) is 12.5 Å². The maximum atomic E-state index is 5.77. The second-order valence-electron chi connectivity index (χ2n) is 3.62. The summed E-state index contributed by atoms with van der Waals surface area (Å²) >= 11 is 7.22. The van der Waals surface area contributed by atoms with E-state index in [2.05, 4.69) is 41.2 Å². The zero-order valence-electron chi connectivity index (χ0n) is 8.50. The molecule has 0 saturated carbocycles. The van der Waals surface area contributed by atoms with Crippen molar-refractivity contribution in [3.8, 4) is 0 Å². The lowest BCUT2D eigenvalue weighted by Crippen LogP contribution is -2.09. The van der Waals surface area contributed by atoms with Crippen molar-refractivity contribution in [3.63, 3.8) is 0 Å². The van der Waals surface area contributed by atoms with Crippen molar-refractivity contribution in [2.75, 3.05) is 12.3 Å². The van der Waals surface area contributed by atoms with Gasteiger partial charge in [0.05, 0.1) is 5.25 Å². The Labute approximate surface area is 103 Å². The molecule has 1 heterocycles. The second kappa shape index (κ2) is 6.16. The number of thioether (sulfide) groups is 1. The lowest BCUT2D eigenvalue weighted by Gasteiger charge is -2.13. The first-order chi connectivity index (χ1) is 6.63. The van der Waals surface area contributed by atoms with E-state index in [1.807, 2.05) is 11.8 Å². The Balaban J connectivity index is 2.54. The van der Waals surface area contributed by atoms with Gasteiger partial charge in [-0.15, -0.1) is 11.3 Å². The fourth-order valence-corrected chi connectivity index (χ4v) is 3.87. The first-order valence-electron chi connectivity index (χ1n) is 4.69. The first kappa shape index (κ1) is 12.6. The van der Waals surface area contributed by atoms with Gasteiger partial charge in [0.2, 0.25) is 0 Å². The molecule has 1 nitrogen and oxygen atoms in total. The molecule has 1 aromatic heterocycles. The molecule has 0 spiro atoms. The summed E-state index contributed by atoms with van der Waals surface area (Å²) in [7, 11) is 0. The van der Waals surface area contributed by atoms with Crippen molar-refractivity contribution in [1.82, 2.24) is 0 Å². The molecule has 80 valence electrons. The molecule has 2 N–H and O–H groups in total. The van der Waals surface area contributed by atoms with Crippen LogP contribution in [0.1, 0.15) is 24.0 Å². The van der Waals surface area contributed by atoms with Crippen molar-refractivity contribution in [1.29, 1.82) is 0 Å². The van der Waals surface area contributed by atoms with E-state index in [4.69, 9.17) is 5.73 Å². The van der Waals surface area contributed by atoms with Gasteiger partial charge >= 0.3 is 0 Å². The number of rotatable bonds is 5. The van der Waals surface area contributed by atoms with Crippen LogP contribution >= 0.6 is 39.0 Å². The average molecular weight is 294 g/mol. The van der Waals surface area contributed by atoms with Crippen LogP contribution in [0.15, 0.2) is 15.9 Å². The number of halogens is 1. The van der Waals surface area contributed by atoms with Crippen molar-refractivity contribution in [2.45, 2.75) is 19.1 Å². The maximum absolute atomic E-state index is 5.77. The van der Waals surface area contributed by atoms with Crippen molar-refractivity contribution in [3.05, 3.63) is 20.8 Å². The fraction of sp³-hybridized carbons (Fsp3) is 0.600. The summed E-state index contributed by atoms with van der Waals surface area (Å²) in [4.78, 5) is 1.38. The van der Waals surface area contributed by atoms with Gasteiger partial charge in [-0.2, -0.15) is 11.8 Å². The van der Waals surface area contributed by atoms with Crippen LogP contribution in [-0.4, -0.2) is 12.3 Å². The third kappa shape index (κ3) is 3.93. The molecule has 0 aliphatic carbocycles. The van der Waals surface area contributed by atoms with E-state index in [-0.39, 0.29) is 0 Å². The van der Waals surface area contributed by atoms with Gasteiger partial charge in [0.25, 0.3) is 0 Å². The third-order valence-electron chi connectivity index (χ3n) is 1.75. The number of thiophene rings is 1. The molecule has 1 unspecified atom stereocenters. The van der Waals surface area contributed by atoms with Crippen LogP contribution in [0.25, 0.3) is 0 Å². The van der Waals surface area contributed by atoms with E-state index in [1.54, 1.807) is 11.3 Å². The first-order valence-corrected chi connectivity index (χ1v) is 7.41. The molecule has 0 aliphatic rings. The fourth-order valence-electron chi connectivity index (χ4n) is 1.07. The molecule has 14 heavy (non-hydrogen) atoms. The maximum Gasteiger partial charge on any atom is 0.0513 e. The topological polar surface area (TPSA) is 26.0 Å². The molecule has 4 heteroatoms. The molecule has 1 rings (SSSR count). The monoisotopic (exact) mass is 293 g/mol. The molecule has 0 saturated heterocycles. The average Bonchev–Trinajstić information content (AvgIpc) is 2.53. The molecule has 0 radical (unpaired) electrons. The Morgan fingerprint density at radius 1 is 1.57 bits per heavy atom. The smallest absolute Gasteiger partial charge is 0.0513 e. The van der Waals surface area contributed by atoms with E-state index in [0.29, 0.717) is 5.25 Å². The molecule has 1 atom stereocenters. The van der Waals surface area contributed by atoms with Crippen molar-refractivity contribution < 1.29 is 0 Å². The summed E-state index contributed by atoms with van der Waals surface area (Å²) in [6.45, 7) is 5.21. The van der Waals surface area contributed by atoms with E-state index in [9.17, 15) is 0 Å². The van der Waals surface area contributed by atoms with Crippen LogP contribution in [0.5, 0.6) is 0 Å². The van der Waals surface area contributed by atoms with E-state index >= 15 is 0 Å². The van der Waals surface area contributed by atoms with Gasteiger partial charge in [0.1, 0.15) is 0 Å². The van der Waals surface area contributed by atoms with Crippen LogP contribution in [0.4, 0.5) is 0 Å². The second-order valence-corrected chi connectivity index (χ2v) is 6.71. The molecule has 1 aromatic rings. The lowest BCUT2D eigenvalue weighted by atomic mass is 10.3. The van der Waals surface area contributed by atoms with Gasteiger partial charge in [0, 0.05) is 21.3 Å². The predicted molar refractivity (Wildman–Crippen MR) is 71.1 cm³/mol. The van der Waals surface area contributed by atoms with Gasteiger partial charge < -0.3 is 5.73 Å². The van der Waals surface area contributed by atoms with E-state index < -0.39 is 0 Å². The highest BCUT2D eigenvalue weighted by atomic mass is 79.9. The Morgan fingerprint density at radius 3 is 2.71 bits per heavy atom. The Kier molecular flexibility index (Phi) is 5.52. The van der Waals surface area contributed by atoms with Crippen LogP contribution in [0, 0.1) is 5.92 Å². The van der Waals surface area contributed by atoms with Gasteiger partial charge in [-0.05, 0) is 33.7 Å². The van der Waals surface area contributed by atoms with Gasteiger partial charge in [0.15, 0.2) is 0 Å². The lowest BCUT2D eigenvalue weighted by molar-refractivity contribution is 0.747. The summed E-state index contributed by atoms with van der Waals surface area (Å²) in [5.41, 5.74) is 5.77. The molecular formula is C10H16BrNS2. The summed E-state index contributed by atoms with van der Waals surface area (Å²) in [6, 6.07) is 2.18. The molecule has 0 aromatic carbocycles. The molecular weight excluding hydrogens is 278 g/mol. The molecule has 0 aliphatic heterocycles. The SMILES string of the molecule is CC(C)CSC(CN)c1cc(Br)cs1. The third-order valence-corrected chi connectivity index (χ3v) is 5.41. The molecule has 0 fully saturated rings. The Bertz CT molecular complexity index is 273. The molecule has 0 amide bonds. The normalized spacial score (nSPS) is 13.5. The number of hydrogen-bond acceptors (Lipinski definition) is 3. The van der Waals surface area contributed by atoms with Crippen molar-refractivity contribution in [2.24, 2.45) is 11.7 Å². The summed E-state index contributed by atoms with van der Waals surface area (Å²) < 4.78 is 1.17. The van der Waals surface area contributed by atoms with Crippen LogP contribution in [0.2, 0.25) is 0 Å². The summed E-state index contributed by atoms with van der Waals surface area (Å²) in [5, 5.41) is 2.59. The predicted octanol–water partition coefficient (Wildman–Crippen LogP) is 3.90. The zero-order valence-corrected chi connectivity index (χ0v) is 11.7. The van der Waals surface area contributed by atoms with Crippen LogP contribution in [-0.2, 0) is 0 Å². The quantitative estimate of drug-likeness (QED) is 0.891. The number of nitrogens with two attached hydrogens (primary N) is 1. The zero-order chi connectivity index (χ0) is 10.6. The van der Waals surface area contributed by atoms with Crippen LogP contribution in [0.3, 0.4) is 0 Å². The van der Waals surface area contributed by atoms with Crippen LogP contribution < -0.4 is 5.73 Å². The highest BCUT2D eigenvalue weighted by Crippen LogP contribution is 2.34. The van der Waals surface area contributed by atoms with E-state index in [1.165, 1.54) is 15.1 Å². The Hall–Kier alpha value is 0.490. The highest BCUT2D eigenvalue weighted by Gasteiger charge is 2.12.